The summed E-state index contributed by atoms with van der Waals surface area (Å²) in [7, 11) is 0. The smallest absolute Gasteiger partial charge is 0.272 e. The molecule has 312 valence electrons. The number of aryl methyl sites for hydroxylation is 1. The summed E-state index contributed by atoms with van der Waals surface area (Å²) >= 11 is 1.76. The molecule has 7 rings (SSSR count). The number of anilines is 1. The number of unbranched alkanes of at least 4 members (excludes halogenated alkanes) is 2. The Bertz CT molecular complexity index is 2040. The van der Waals surface area contributed by atoms with Crippen LogP contribution < -0.4 is 15.5 Å². The number of amides is 5. The molecule has 6 heterocycles. The van der Waals surface area contributed by atoms with Gasteiger partial charge >= 0.3 is 0 Å². The van der Waals surface area contributed by atoms with Gasteiger partial charge < -0.3 is 20.0 Å². The van der Waals surface area contributed by atoms with Crippen molar-refractivity contribution in [1.29, 1.82) is 0 Å². The molecule has 0 radical (unpaired) electrons. The van der Waals surface area contributed by atoms with Crippen LogP contribution in [0.3, 0.4) is 0 Å². The van der Waals surface area contributed by atoms with Crippen LogP contribution in [0.4, 0.5) is 5.69 Å². The summed E-state index contributed by atoms with van der Waals surface area (Å²) in [5.74, 6) is 0.573. The highest BCUT2D eigenvalue weighted by Gasteiger charge is 2.40. The molecule has 2 unspecified atom stereocenters. The van der Waals surface area contributed by atoms with E-state index in [0.29, 0.717) is 48.4 Å². The van der Waals surface area contributed by atoms with Crippen LogP contribution in [0.15, 0.2) is 59.9 Å². The Kier molecular flexibility index (Phi) is 14.0. The fraction of sp³-hybridized carbons (Fsp3) is 0.500. The van der Waals surface area contributed by atoms with E-state index in [4.69, 9.17) is 0 Å². The Morgan fingerprint density at radius 1 is 0.983 bits per heavy atom. The first-order valence-corrected chi connectivity index (χ1v) is 22.0. The van der Waals surface area contributed by atoms with Gasteiger partial charge in [0.1, 0.15) is 11.7 Å². The molecule has 1 aromatic carbocycles. The Hall–Kier alpha value is -5.15. The van der Waals surface area contributed by atoms with E-state index in [-0.39, 0.29) is 36.0 Å². The summed E-state index contributed by atoms with van der Waals surface area (Å²) in [6, 6.07) is 9.42. The molecule has 3 fully saturated rings. The number of aromatic nitrogens is 3. The fourth-order valence-corrected chi connectivity index (χ4v) is 9.61. The normalized spacial score (nSPS) is 20.1. The molecule has 2 aromatic heterocycles. The van der Waals surface area contributed by atoms with Crippen molar-refractivity contribution in [2.45, 2.75) is 95.2 Å². The lowest BCUT2D eigenvalue weighted by Gasteiger charge is -2.32. The van der Waals surface area contributed by atoms with Crippen LogP contribution in [0.25, 0.3) is 6.08 Å². The Morgan fingerprint density at radius 3 is 2.61 bits per heavy atom. The zero-order valence-corrected chi connectivity index (χ0v) is 34.9. The number of carbonyl (C=O) groups is 5. The number of pyridine rings is 1. The highest BCUT2D eigenvalue weighted by Crippen LogP contribution is 2.35. The van der Waals surface area contributed by atoms with E-state index in [1.54, 1.807) is 35.1 Å². The molecule has 4 aliphatic rings. The molecule has 4 aliphatic heterocycles. The fourth-order valence-electron chi connectivity index (χ4n) is 8.52. The van der Waals surface area contributed by atoms with Gasteiger partial charge in [-0.05, 0) is 106 Å². The summed E-state index contributed by atoms with van der Waals surface area (Å²) in [6.45, 7) is 9.36. The minimum atomic E-state index is -0.606. The van der Waals surface area contributed by atoms with E-state index in [9.17, 15) is 24.0 Å². The lowest BCUT2D eigenvalue weighted by molar-refractivity contribution is -0.137. The minimum absolute atomic E-state index is 0.00456. The summed E-state index contributed by atoms with van der Waals surface area (Å²) in [5.41, 5.74) is 4.62. The number of hydrogen-bond acceptors (Lipinski definition) is 11. The number of piperidine rings is 2. The van der Waals surface area contributed by atoms with E-state index in [2.05, 4.69) is 48.4 Å². The van der Waals surface area contributed by atoms with Gasteiger partial charge in [0.05, 0.1) is 36.1 Å². The van der Waals surface area contributed by atoms with Gasteiger partial charge in [0.15, 0.2) is 0 Å². The highest BCUT2D eigenvalue weighted by atomic mass is 32.2. The average Bonchev–Trinajstić information content (AvgIpc) is 3.78. The number of hydrogen-bond donors (Lipinski definition) is 2. The molecule has 2 N–H and O–H groups in total. The van der Waals surface area contributed by atoms with Crippen molar-refractivity contribution < 1.29 is 24.0 Å². The molecule has 3 saturated heterocycles. The third kappa shape index (κ3) is 10.7. The number of nitrogens with one attached hydrogen (secondary N) is 2. The first-order chi connectivity index (χ1) is 28.6. The molecular weight excluding hydrogens is 767 g/mol. The zero-order valence-electron chi connectivity index (χ0n) is 34.1. The zero-order chi connectivity index (χ0) is 41.3. The molecule has 59 heavy (non-hydrogen) atoms. The summed E-state index contributed by atoms with van der Waals surface area (Å²) in [5, 5.41) is 5.32. The molecule has 3 aromatic rings. The van der Waals surface area contributed by atoms with Gasteiger partial charge in [-0.15, -0.1) is 11.8 Å². The van der Waals surface area contributed by atoms with Crippen LogP contribution in [0.1, 0.15) is 103 Å². The van der Waals surface area contributed by atoms with Crippen LogP contribution in [0, 0.1) is 12.8 Å². The standard InChI is InChI=1S/C44H55N9O5S/c1-30-24-45-25-33(48-30)11-15-40(54)46-19-4-3-8-32-17-21-51(22-18-32)44(58)37-13-12-34(26-47-37)53-29-50(27-31(53)2)20-5-6-23-59-39-10-7-9-35-36(39)28-52(43(35)57)38-14-16-41(55)49-42(38)56/h7,9-13,15,24-26,31-32,38H,3-6,8,14,16-23,27-29H2,1-2H3,(H,46,54)(H,49,55,56)/b15-11+. The van der Waals surface area contributed by atoms with Crippen molar-refractivity contribution in [3.63, 3.8) is 0 Å². The molecule has 0 spiro atoms. The number of thioether (sulfide) groups is 1. The summed E-state index contributed by atoms with van der Waals surface area (Å²) in [6.07, 6.45) is 16.0. The van der Waals surface area contributed by atoms with E-state index in [1.807, 2.05) is 42.3 Å². The van der Waals surface area contributed by atoms with Crippen LogP contribution in [-0.4, -0.2) is 116 Å². The quantitative estimate of drug-likeness (QED) is 0.0882. The second-order valence-electron chi connectivity index (χ2n) is 16.1. The monoisotopic (exact) mass is 821 g/mol. The van der Waals surface area contributed by atoms with E-state index in [0.717, 1.165) is 105 Å². The van der Waals surface area contributed by atoms with E-state index >= 15 is 0 Å². The van der Waals surface area contributed by atoms with Crippen molar-refractivity contribution in [2.75, 3.05) is 50.0 Å². The lowest BCUT2D eigenvalue weighted by Crippen LogP contribution is -2.52. The minimum Gasteiger partial charge on any atom is -0.353 e. The third-order valence-electron chi connectivity index (χ3n) is 11.8. The maximum absolute atomic E-state index is 13.4. The largest absolute Gasteiger partial charge is 0.353 e. The molecular formula is C44H55N9O5S. The number of likely N-dealkylation sites (tertiary alicyclic amines) is 1. The second-order valence-corrected chi connectivity index (χ2v) is 17.3. The first kappa shape index (κ1) is 42.0. The van der Waals surface area contributed by atoms with E-state index in [1.165, 1.54) is 6.08 Å². The van der Waals surface area contributed by atoms with Gasteiger partial charge in [0, 0.05) is 67.9 Å². The molecule has 0 aliphatic carbocycles. The van der Waals surface area contributed by atoms with Crippen molar-refractivity contribution in [2.24, 2.45) is 5.92 Å². The van der Waals surface area contributed by atoms with E-state index < -0.39 is 6.04 Å². The predicted octanol–water partition coefficient (Wildman–Crippen LogP) is 4.83. The number of carbonyl (C=O) groups excluding carboxylic acids is 5. The van der Waals surface area contributed by atoms with Crippen molar-refractivity contribution in [3.05, 3.63) is 83.2 Å². The van der Waals surface area contributed by atoms with Crippen LogP contribution in [0.2, 0.25) is 0 Å². The maximum atomic E-state index is 13.4. The van der Waals surface area contributed by atoms with Crippen molar-refractivity contribution in [3.8, 4) is 0 Å². The number of imide groups is 1. The van der Waals surface area contributed by atoms with Gasteiger partial charge in [-0.3, -0.25) is 44.2 Å². The Labute approximate surface area is 350 Å². The van der Waals surface area contributed by atoms with Crippen LogP contribution in [-0.2, 0) is 20.9 Å². The molecule has 0 saturated carbocycles. The molecule has 15 heteroatoms. The maximum Gasteiger partial charge on any atom is 0.272 e. The summed E-state index contributed by atoms with van der Waals surface area (Å²) < 4.78 is 0. The predicted molar refractivity (Wildman–Crippen MR) is 226 cm³/mol. The number of nitrogens with zero attached hydrogens (tertiary/aromatic N) is 7. The van der Waals surface area contributed by atoms with Crippen LogP contribution in [0.5, 0.6) is 0 Å². The third-order valence-corrected chi connectivity index (χ3v) is 13.0. The van der Waals surface area contributed by atoms with Gasteiger partial charge in [0.2, 0.25) is 17.7 Å². The first-order valence-electron chi connectivity index (χ1n) is 21.0. The van der Waals surface area contributed by atoms with Gasteiger partial charge in [0.25, 0.3) is 11.8 Å². The van der Waals surface area contributed by atoms with Crippen molar-refractivity contribution >= 4 is 53.1 Å². The van der Waals surface area contributed by atoms with Crippen LogP contribution >= 0.6 is 11.8 Å². The van der Waals surface area contributed by atoms with Gasteiger partial charge in [-0.1, -0.05) is 18.9 Å². The Morgan fingerprint density at radius 2 is 1.83 bits per heavy atom. The number of benzene rings is 1. The molecule has 0 bridgehead atoms. The Balaban J connectivity index is 0.775. The lowest BCUT2D eigenvalue weighted by atomic mass is 9.91. The molecule has 5 amide bonds. The number of rotatable bonds is 16. The second kappa shape index (κ2) is 19.7. The number of fused-ring (bicyclic) bond motifs is 1. The topological polar surface area (TPSA) is 161 Å². The molecule has 2 atom stereocenters. The van der Waals surface area contributed by atoms with Crippen molar-refractivity contribution in [1.82, 2.24) is 40.3 Å². The SMILES string of the molecule is Cc1cncc(/C=C/C(=O)NCCCCC2CCN(C(=O)c3ccc(N4CN(CCCCSc5cccc6c5CN(C5CCC(=O)NC5=O)C6=O)CC4C)cn3)CC2)n1. The average molecular weight is 822 g/mol. The molecule has 14 nitrogen and oxygen atoms in total. The van der Waals surface area contributed by atoms with Gasteiger partial charge in [-0.25, -0.2) is 4.98 Å². The van der Waals surface area contributed by atoms with Gasteiger partial charge in [-0.2, -0.15) is 0 Å². The highest BCUT2D eigenvalue weighted by molar-refractivity contribution is 7.99. The summed E-state index contributed by atoms with van der Waals surface area (Å²) in [4.78, 5) is 85.3.